The van der Waals surface area contributed by atoms with E-state index in [0.29, 0.717) is 32.9 Å². The first-order chi connectivity index (χ1) is 20.0. The van der Waals surface area contributed by atoms with Gasteiger partial charge in [0.05, 0.1) is 16.5 Å². The average molecular weight is 675 g/mol. The number of rotatable bonds is 13. The van der Waals surface area contributed by atoms with Gasteiger partial charge in [-0.15, -0.1) is 11.3 Å². The van der Waals surface area contributed by atoms with Crippen molar-refractivity contribution < 1.29 is 19.1 Å². The number of benzene rings is 1. The molecule has 4 rings (SSSR count). The molecule has 0 saturated heterocycles. The quantitative estimate of drug-likeness (QED) is 0.140. The number of nitrogens with zero attached hydrogens (tertiary/aromatic N) is 2. The Morgan fingerprint density at radius 3 is 2.45 bits per heavy atom. The molecule has 42 heavy (non-hydrogen) atoms. The van der Waals surface area contributed by atoms with E-state index >= 15 is 0 Å². The molecule has 1 aromatic carbocycles. The van der Waals surface area contributed by atoms with Gasteiger partial charge in [-0.3, -0.25) is 4.79 Å². The highest BCUT2D eigenvalue weighted by Gasteiger charge is 2.49. The maximum atomic E-state index is 13.7. The molecule has 0 radical (unpaired) electrons. The Labute approximate surface area is 263 Å². The number of thiophene rings is 1. The third-order valence-corrected chi connectivity index (χ3v) is 16.3. The maximum Gasteiger partial charge on any atom is 0.208 e. The van der Waals surface area contributed by atoms with Gasteiger partial charge in [-0.1, -0.05) is 69.6 Å². The van der Waals surface area contributed by atoms with Gasteiger partial charge < -0.3 is 19.6 Å². The number of hydrogen-bond donors (Lipinski definition) is 2. The number of aliphatic hydroxyl groups excluding tert-OH is 1. The van der Waals surface area contributed by atoms with Crippen LogP contribution in [0.5, 0.6) is 0 Å². The van der Waals surface area contributed by atoms with Crippen molar-refractivity contribution in [3.63, 3.8) is 0 Å². The van der Waals surface area contributed by atoms with Crippen LogP contribution in [0.3, 0.4) is 0 Å². The number of ketones is 1. The number of anilines is 1. The molecular weight excluding hydrogens is 630 g/mol. The summed E-state index contributed by atoms with van der Waals surface area (Å²) in [6.07, 6.45) is 4.25. The fraction of sp³-hybridized carbons (Fsp3) is 0.531. The molecule has 10 heteroatoms. The molecule has 1 saturated carbocycles. The van der Waals surface area contributed by atoms with Gasteiger partial charge >= 0.3 is 0 Å². The number of nitrogens with one attached hydrogen (secondary N) is 1. The van der Waals surface area contributed by atoms with Gasteiger partial charge in [-0.25, -0.2) is 9.97 Å². The number of aromatic nitrogens is 2. The van der Waals surface area contributed by atoms with Gasteiger partial charge in [-0.2, -0.15) is 0 Å². The molecule has 4 atom stereocenters. The molecule has 2 N–H and O–H groups in total. The fourth-order valence-electron chi connectivity index (χ4n) is 6.89. The van der Waals surface area contributed by atoms with Crippen LogP contribution < -0.4 is 5.32 Å². The summed E-state index contributed by atoms with van der Waals surface area (Å²) in [4.78, 5) is 23.0. The summed E-state index contributed by atoms with van der Waals surface area (Å²) < 4.78 is 13.9. The molecule has 3 aromatic rings. The number of carbonyl (C=O) groups excluding carboxylic acids is 1. The lowest BCUT2D eigenvalue weighted by Crippen LogP contribution is -2.51. The van der Waals surface area contributed by atoms with Crippen molar-refractivity contribution in [2.45, 2.75) is 89.3 Å². The topological polar surface area (TPSA) is 93.6 Å². The van der Waals surface area contributed by atoms with Crippen LogP contribution >= 0.6 is 27.3 Å². The lowest BCUT2D eigenvalue weighted by molar-refractivity contribution is 0.0941. The predicted octanol–water partition coefficient (Wildman–Crippen LogP) is 8.01. The Bertz CT molecular complexity index is 1330. The van der Waals surface area contributed by atoms with Crippen LogP contribution in [0.2, 0.25) is 16.6 Å². The zero-order valence-electron chi connectivity index (χ0n) is 25.6. The molecule has 0 bridgehead atoms. The van der Waals surface area contributed by atoms with Gasteiger partial charge in [0, 0.05) is 36.3 Å². The summed E-state index contributed by atoms with van der Waals surface area (Å²) in [5.74, 6) is 0.423. The summed E-state index contributed by atoms with van der Waals surface area (Å²) in [5, 5.41) is 15.8. The van der Waals surface area contributed by atoms with Crippen LogP contribution in [-0.4, -0.2) is 55.0 Å². The van der Waals surface area contributed by atoms with Crippen molar-refractivity contribution in [1.29, 1.82) is 0 Å². The van der Waals surface area contributed by atoms with Crippen LogP contribution in [0, 0.1) is 5.92 Å². The number of methoxy groups -OCH3 is 1. The Hall–Kier alpha value is -1.95. The Morgan fingerprint density at radius 2 is 1.83 bits per heavy atom. The molecule has 2 heterocycles. The maximum absolute atomic E-state index is 13.7. The van der Waals surface area contributed by atoms with Crippen molar-refractivity contribution >= 4 is 47.2 Å². The lowest BCUT2D eigenvalue weighted by Gasteiger charge is -2.45. The first-order valence-corrected chi connectivity index (χ1v) is 18.6. The monoisotopic (exact) mass is 673 g/mol. The smallest absolute Gasteiger partial charge is 0.208 e. The minimum atomic E-state index is -2.11. The molecule has 2 aromatic heterocycles. The molecule has 228 valence electrons. The van der Waals surface area contributed by atoms with Crippen LogP contribution in [-0.2, 0) is 9.16 Å². The van der Waals surface area contributed by atoms with E-state index in [2.05, 4.69) is 72.8 Å². The molecule has 1 aliphatic rings. The van der Waals surface area contributed by atoms with E-state index in [-0.39, 0.29) is 36.6 Å². The third kappa shape index (κ3) is 6.89. The predicted molar refractivity (Wildman–Crippen MR) is 176 cm³/mol. The van der Waals surface area contributed by atoms with Gasteiger partial charge in [0.25, 0.3) is 0 Å². The molecule has 0 spiro atoms. The molecule has 0 amide bonds. The van der Waals surface area contributed by atoms with E-state index in [4.69, 9.17) is 9.16 Å². The first kappa shape index (κ1) is 33.0. The van der Waals surface area contributed by atoms with E-state index in [1.165, 1.54) is 17.7 Å². The number of halogens is 1. The van der Waals surface area contributed by atoms with Crippen LogP contribution in [0.4, 0.5) is 5.82 Å². The number of ether oxygens (including phenoxy) is 1. The van der Waals surface area contributed by atoms with Gasteiger partial charge in [-0.05, 0) is 64.2 Å². The third-order valence-electron chi connectivity index (χ3n) is 8.76. The second-order valence-electron chi connectivity index (χ2n) is 12.3. The highest BCUT2D eigenvalue weighted by Crippen LogP contribution is 2.46. The normalized spacial score (nSPS) is 20.0. The van der Waals surface area contributed by atoms with E-state index < -0.39 is 8.32 Å². The Morgan fingerprint density at radius 1 is 1.12 bits per heavy atom. The van der Waals surface area contributed by atoms with Crippen molar-refractivity contribution in [2.75, 3.05) is 19.0 Å². The second kappa shape index (κ2) is 14.2. The van der Waals surface area contributed by atoms with Crippen molar-refractivity contribution in [3.05, 3.63) is 74.3 Å². The van der Waals surface area contributed by atoms with Gasteiger partial charge in [0.15, 0.2) is 0 Å². The van der Waals surface area contributed by atoms with Crippen molar-refractivity contribution in [1.82, 2.24) is 9.97 Å². The molecule has 1 aliphatic carbocycles. The molecule has 1 unspecified atom stereocenters. The Kier molecular flexibility index (Phi) is 11.2. The van der Waals surface area contributed by atoms with Gasteiger partial charge in [0.1, 0.15) is 18.2 Å². The highest BCUT2D eigenvalue weighted by molar-refractivity contribution is 9.10. The molecular formula is C32H44BrN3O4SSi. The molecule has 7 nitrogen and oxygen atoms in total. The lowest BCUT2D eigenvalue weighted by atomic mass is 10.0. The number of aliphatic hydroxyl groups is 1. The summed E-state index contributed by atoms with van der Waals surface area (Å²) in [6.45, 7) is 13.8. The Balaban J connectivity index is 1.53. The molecule has 1 fully saturated rings. The van der Waals surface area contributed by atoms with E-state index in [0.717, 1.165) is 28.4 Å². The number of carbonyl (C=O) groups is 1. The first-order valence-electron chi connectivity index (χ1n) is 14.8. The van der Waals surface area contributed by atoms with Crippen LogP contribution in [0.1, 0.15) is 86.9 Å². The standard InChI is InChI=1S/C32H44BrN3O4SSi/c1-19(2)42(20(3)4,21(5)6)40-28-14-26(12-23(28)16-37)36-32-27(15-34-18-35-32)30(38)29-13-24(17-41-29)31(39-7)22-9-8-10-25(33)11-22/h8-11,13,15,17-21,23,26,28,31,37H,12,14,16H2,1-7H3,(H,34,35,36)/t23-,26-,28+,31?/m1/s1. The summed E-state index contributed by atoms with van der Waals surface area (Å²) >= 11 is 4.92. The second-order valence-corrected chi connectivity index (χ2v) is 19.5. The summed E-state index contributed by atoms with van der Waals surface area (Å²) in [7, 11) is -0.441. The zero-order chi connectivity index (χ0) is 30.6. The van der Waals surface area contributed by atoms with Crippen LogP contribution in [0.15, 0.2) is 52.7 Å². The van der Waals surface area contributed by atoms with E-state index in [1.54, 1.807) is 13.3 Å². The minimum Gasteiger partial charge on any atom is -0.413 e. The summed E-state index contributed by atoms with van der Waals surface area (Å²) in [5.41, 5.74) is 3.75. The van der Waals surface area contributed by atoms with Gasteiger partial charge in [0.2, 0.25) is 14.1 Å². The van der Waals surface area contributed by atoms with Crippen molar-refractivity contribution in [3.8, 4) is 0 Å². The minimum absolute atomic E-state index is 0.0279. The largest absolute Gasteiger partial charge is 0.413 e. The van der Waals surface area contributed by atoms with Crippen LogP contribution in [0.25, 0.3) is 0 Å². The summed E-state index contributed by atoms with van der Waals surface area (Å²) in [6, 6.07) is 9.91. The molecule has 0 aliphatic heterocycles. The number of hydrogen-bond acceptors (Lipinski definition) is 8. The van der Waals surface area contributed by atoms with E-state index in [1.807, 2.05) is 35.7 Å². The van der Waals surface area contributed by atoms with E-state index in [9.17, 15) is 9.90 Å². The van der Waals surface area contributed by atoms with Crippen molar-refractivity contribution in [2.24, 2.45) is 5.92 Å². The fourth-order valence-corrected chi connectivity index (χ4v) is 13.8. The average Bonchev–Trinajstić information content (AvgIpc) is 3.58. The highest BCUT2D eigenvalue weighted by atomic mass is 79.9. The SMILES string of the molecule is COC(c1cccc(Br)c1)c1csc(C(=O)c2cncnc2N[C@@H]2C[C@H](CO)[C@@H](O[Si](C(C)C)(C(C)C)C(C)C)C2)c1. The zero-order valence-corrected chi connectivity index (χ0v) is 29.0.